The Morgan fingerprint density at radius 2 is 1.50 bits per heavy atom. The van der Waals surface area contributed by atoms with Gasteiger partial charge in [0.2, 0.25) is 0 Å². The number of nitrogens with zero attached hydrogens (tertiary/aromatic N) is 2. The summed E-state index contributed by atoms with van der Waals surface area (Å²) in [6.07, 6.45) is 9.55. The van der Waals surface area contributed by atoms with Crippen LogP contribution < -0.4 is 0 Å². The van der Waals surface area contributed by atoms with Crippen molar-refractivity contribution in [3.05, 3.63) is 53.9 Å². The average molecular weight is 268 g/mol. The van der Waals surface area contributed by atoms with Gasteiger partial charge in [-0.3, -0.25) is 0 Å². The Kier molecular flexibility index (Phi) is 3.33. The number of hydrogen-bond donors (Lipinski definition) is 0. The van der Waals surface area contributed by atoms with Crippen LogP contribution in [-0.4, -0.2) is 28.0 Å². The lowest BCUT2D eigenvalue weighted by atomic mass is 9.95. The molecule has 106 valence electrons. The summed E-state index contributed by atoms with van der Waals surface area (Å²) in [5.74, 6) is 0.450. The van der Waals surface area contributed by atoms with E-state index in [2.05, 4.69) is 86.3 Å². The van der Waals surface area contributed by atoms with Crippen molar-refractivity contribution in [1.29, 1.82) is 0 Å². The van der Waals surface area contributed by atoms with E-state index >= 15 is 0 Å². The molecule has 0 radical (unpaired) electrons. The van der Waals surface area contributed by atoms with E-state index < -0.39 is 0 Å². The normalized spacial score (nSPS) is 21.6. The first-order valence-corrected chi connectivity index (χ1v) is 7.60. The quantitative estimate of drug-likeness (QED) is 0.816. The zero-order valence-electron chi connectivity index (χ0n) is 12.8. The monoisotopic (exact) mass is 268 g/mol. The summed E-state index contributed by atoms with van der Waals surface area (Å²) in [7, 11) is 0. The lowest BCUT2D eigenvalue weighted by Gasteiger charge is -2.40. The Labute approximate surface area is 122 Å². The van der Waals surface area contributed by atoms with Crippen molar-refractivity contribution in [3.63, 3.8) is 0 Å². The second kappa shape index (κ2) is 5.01. The molecule has 0 bridgehead atoms. The third-order valence-corrected chi connectivity index (χ3v) is 4.37. The van der Waals surface area contributed by atoms with Crippen molar-refractivity contribution in [2.24, 2.45) is 0 Å². The van der Waals surface area contributed by atoms with Gasteiger partial charge in [0.15, 0.2) is 0 Å². The van der Waals surface area contributed by atoms with Gasteiger partial charge in [-0.2, -0.15) is 0 Å². The van der Waals surface area contributed by atoms with Gasteiger partial charge in [-0.25, -0.2) is 0 Å². The van der Waals surface area contributed by atoms with Crippen LogP contribution in [0.15, 0.2) is 42.7 Å². The molecule has 2 heteroatoms. The molecular formula is C18H24N2. The van der Waals surface area contributed by atoms with Gasteiger partial charge in [-0.1, -0.05) is 36.4 Å². The van der Waals surface area contributed by atoms with Crippen LogP contribution in [0.1, 0.15) is 44.7 Å². The summed E-state index contributed by atoms with van der Waals surface area (Å²) in [6.45, 7) is 9.08. The van der Waals surface area contributed by atoms with Crippen LogP contribution in [0.3, 0.4) is 0 Å². The van der Waals surface area contributed by atoms with E-state index in [4.69, 9.17) is 0 Å². The maximum absolute atomic E-state index is 2.48. The van der Waals surface area contributed by atoms with Crippen LogP contribution in [0, 0.1) is 0 Å². The van der Waals surface area contributed by atoms with E-state index in [0.717, 1.165) is 0 Å². The van der Waals surface area contributed by atoms with E-state index in [1.165, 1.54) is 11.1 Å². The van der Waals surface area contributed by atoms with Crippen LogP contribution in [0.5, 0.6) is 0 Å². The minimum atomic E-state index is 0.398. The molecule has 0 spiro atoms. The highest BCUT2D eigenvalue weighted by atomic mass is 15.4. The molecule has 1 heterocycles. The smallest absolute Gasteiger partial charge is 0.112 e. The highest BCUT2D eigenvalue weighted by Gasteiger charge is 2.37. The maximum Gasteiger partial charge on any atom is 0.112 e. The highest BCUT2D eigenvalue weighted by molar-refractivity contribution is 5.63. The van der Waals surface area contributed by atoms with E-state index in [1.807, 2.05) is 0 Å². The molecule has 1 aromatic carbocycles. The first kappa shape index (κ1) is 13.3. The lowest BCUT2D eigenvalue weighted by molar-refractivity contribution is 0.0934. The molecule has 0 saturated carbocycles. The molecule has 20 heavy (non-hydrogen) atoms. The summed E-state index contributed by atoms with van der Waals surface area (Å²) < 4.78 is 0. The van der Waals surface area contributed by atoms with Crippen molar-refractivity contribution >= 4 is 6.08 Å². The van der Waals surface area contributed by atoms with Gasteiger partial charge in [0.1, 0.15) is 6.17 Å². The van der Waals surface area contributed by atoms with Gasteiger partial charge < -0.3 is 9.80 Å². The van der Waals surface area contributed by atoms with Gasteiger partial charge >= 0.3 is 0 Å². The second-order valence-corrected chi connectivity index (χ2v) is 6.31. The minimum Gasteiger partial charge on any atom is -0.353 e. The average Bonchev–Trinajstić information content (AvgIpc) is 3.01. The SMILES string of the molecule is CC(C)N1C=CN(C(C)C)C1C1C=Cc2ccccc21. The third kappa shape index (κ3) is 2.04. The fourth-order valence-electron chi connectivity index (χ4n) is 3.35. The predicted octanol–water partition coefficient (Wildman–Crippen LogP) is 4.03. The van der Waals surface area contributed by atoms with Crippen molar-refractivity contribution in [3.8, 4) is 0 Å². The number of fused-ring (bicyclic) bond motifs is 1. The topological polar surface area (TPSA) is 6.48 Å². The Hall–Kier alpha value is -1.70. The van der Waals surface area contributed by atoms with Crippen molar-refractivity contribution in [2.45, 2.75) is 51.9 Å². The zero-order chi connectivity index (χ0) is 14.3. The van der Waals surface area contributed by atoms with Crippen LogP contribution >= 0.6 is 0 Å². The summed E-state index contributed by atoms with van der Waals surface area (Å²) in [5, 5.41) is 0. The van der Waals surface area contributed by atoms with Crippen LogP contribution in [0.25, 0.3) is 6.08 Å². The summed E-state index contributed by atoms with van der Waals surface area (Å²) in [5.41, 5.74) is 2.83. The van der Waals surface area contributed by atoms with Gasteiger partial charge in [-0.05, 0) is 38.8 Å². The number of hydrogen-bond acceptors (Lipinski definition) is 2. The molecule has 1 atom stereocenters. The molecule has 1 aliphatic heterocycles. The molecular weight excluding hydrogens is 244 g/mol. The minimum absolute atomic E-state index is 0.398. The molecule has 2 aliphatic rings. The summed E-state index contributed by atoms with van der Waals surface area (Å²) in [6, 6.07) is 9.80. The second-order valence-electron chi connectivity index (χ2n) is 6.31. The molecule has 0 N–H and O–H groups in total. The molecule has 2 nitrogen and oxygen atoms in total. The van der Waals surface area contributed by atoms with Crippen LogP contribution in [-0.2, 0) is 0 Å². The standard InChI is InChI=1S/C18H24N2/c1-13(2)19-11-12-20(14(3)4)18(19)17-10-9-15-7-5-6-8-16(15)17/h5-14,17-18H,1-4H3. The Balaban J connectivity index is 1.97. The first-order valence-electron chi connectivity index (χ1n) is 7.60. The largest absolute Gasteiger partial charge is 0.353 e. The van der Waals surface area contributed by atoms with Crippen molar-refractivity contribution in [2.75, 3.05) is 0 Å². The van der Waals surface area contributed by atoms with Crippen LogP contribution in [0.4, 0.5) is 0 Å². The number of benzene rings is 1. The van der Waals surface area contributed by atoms with E-state index in [9.17, 15) is 0 Å². The summed E-state index contributed by atoms with van der Waals surface area (Å²) in [4.78, 5) is 4.97. The van der Waals surface area contributed by atoms with Gasteiger partial charge in [0, 0.05) is 30.4 Å². The molecule has 0 amide bonds. The van der Waals surface area contributed by atoms with E-state index in [-0.39, 0.29) is 0 Å². The zero-order valence-corrected chi connectivity index (χ0v) is 12.8. The van der Waals surface area contributed by atoms with Crippen molar-refractivity contribution in [1.82, 2.24) is 9.80 Å². The number of rotatable bonds is 3. The fourth-order valence-corrected chi connectivity index (χ4v) is 3.35. The van der Waals surface area contributed by atoms with Gasteiger partial charge in [-0.15, -0.1) is 0 Å². The van der Waals surface area contributed by atoms with Crippen molar-refractivity contribution < 1.29 is 0 Å². The Morgan fingerprint density at radius 1 is 0.900 bits per heavy atom. The Bertz CT molecular complexity index is 524. The van der Waals surface area contributed by atoms with Gasteiger partial charge in [0.25, 0.3) is 0 Å². The molecule has 0 aromatic heterocycles. The van der Waals surface area contributed by atoms with E-state index in [1.54, 1.807) is 0 Å². The molecule has 1 unspecified atom stereocenters. The van der Waals surface area contributed by atoms with E-state index in [0.29, 0.717) is 24.2 Å². The van der Waals surface area contributed by atoms with Gasteiger partial charge in [0.05, 0.1) is 0 Å². The molecule has 0 saturated heterocycles. The fraction of sp³-hybridized carbons (Fsp3) is 0.444. The molecule has 1 aliphatic carbocycles. The Morgan fingerprint density at radius 3 is 2.10 bits per heavy atom. The maximum atomic E-state index is 2.48. The molecule has 0 fully saturated rings. The lowest BCUT2D eigenvalue weighted by Crippen LogP contribution is -2.47. The highest BCUT2D eigenvalue weighted by Crippen LogP contribution is 2.39. The predicted molar refractivity (Wildman–Crippen MR) is 85.1 cm³/mol. The third-order valence-electron chi connectivity index (χ3n) is 4.37. The summed E-state index contributed by atoms with van der Waals surface area (Å²) >= 11 is 0. The molecule has 1 aromatic rings. The van der Waals surface area contributed by atoms with Crippen LogP contribution in [0.2, 0.25) is 0 Å². The first-order chi connectivity index (χ1) is 9.59. The molecule has 3 rings (SSSR count).